The van der Waals surface area contributed by atoms with E-state index in [-0.39, 0.29) is 5.91 Å². The number of nitrogens with zero attached hydrogens (tertiary/aromatic N) is 3. The average molecular weight is 456 g/mol. The lowest BCUT2D eigenvalue weighted by molar-refractivity contribution is 0.0629. The molecule has 5 rings (SSSR count). The molecule has 0 atom stereocenters. The van der Waals surface area contributed by atoms with Gasteiger partial charge in [-0.2, -0.15) is 0 Å². The molecule has 33 heavy (non-hydrogen) atoms. The predicted octanol–water partition coefficient (Wildman–Crippen LogP) is 5.82. The maximum absolute atomic E-state index is 13.8. The van der Waals surface area contributed by atoms with E-state index in [2.05, 4.69) is 29.2 Å². The lowest BCUT2D eigenvalue weighted by Crippen LogP contribution is -2.48. The Morgan fingerprint density at radius 3 is 2.27 bits per heavy atom. The molecule has 0 N–H and O–H groups in total. The quantitative estimate of drug-likeness (QED) is 0.389. The molecule has 1 aliphatic heterocycles. The van der Waals surface area contributed by atoms with E-state index in [9.17, 15) is 4.79 Å². The van der Waals surface area contributed by atoms with Crippen molar-refractivity contribution in [3.8, 4) is 11.3 Å². The number of para-hydroxylation sites is 1. The van der Waals surface area contributed by atoms with Crippen LogP contribution in [0.25, 0.3) is 22.2 Å². The SMILES string of the molecule is Cc1c(-c2ccc(Cl)cc2)nc2ccccc2c1C(=O)N1CCN(Cc2ccccc2)CC1. The lowest BCUT2D eigenvalue weighted by Gasteiger charge is -2.35. The van der Waals surface area contributed by atoms with Crippen molar-refractivity contribution in [2.45, 2.75) is 13.5 Å². The van der Waals surface area contributed by atoms with E-state index in [1.54, 1.807) is 0 Å². The summed E-state index contributed by atoms with van der Waals surface area (Å²) < 4.78 is 0. The van der Waals surface area contributed by atoms with E-state index in [1.807, 2.05) is 66.4 Å². The Kier molecular flexibility index (Phi) is 6.12. The highest BCUT2D eigenvalue weighted by Gasteiger charge is 2.26. The van der Waals surface area contributed by atoms with Crippen molar-refractivity contribution in [3.05, 3.63) is 101 Å². The van der Waals surface area contributed by atoms with Gasteiger partial charge in [0.1, 0.15) is 0 Å². The summed E-state index contributed by atoms with van der Waals surface area (Å²) in [5.74, 6) is 0.0840. The van der Waals surface area contributed by atoms with Crippen LogP contribution >= 0.6 is 11.6 Å². The van der Waals surface area contributed by atoms with Crippen LogP contribution < -0.4 is 0 Å². The van der Waals surface area contributed by atoms with E-state index >= 15 is 0 Å². The van der Waals surface area contributed by atoms with Gasteiger partial charge in [-0.1, -0.05) is 72.3 Å². The van der Waals surface area contributed by atoms with Crippen LogP contribution in [0.15, 0.2) is 78.9 Å². The van der Waals surface area contributed by atoms with Crippen LogP contribution in [0, 0.1) is 6.92 Å². The van der Waals surface area contributed by atoms with Gasteiger partial charge >= 0.3 is 0 Å². The van der Waals surface area contributed by atoms with Crippen LogP contribution in [-0.4, -0.2) is 46.9 Å². The number of amides is 1. The van der Waals surface area contributed by atoms with Gasteiger partial charge in [0.05, 0.1) is 16.8 Å². The first kappa shape index (κ1) is 21.6. The summed E-state index contributed by atoms with van der Waals surface area (Å²) in [6.07, 6.45) is 0. The molecule has 1 saturated heterocycles. The minimum absolute atomic E-state index is 0.0840. The van der Waals surface area contributed by atoms with Gasteiger partial charge in [-0.05, 0) is 36.2 Å². The normalized spacial score (nSPS) is 14.5. The first-order valence-electron chi connectivity index (χ1n) is 11.3. The molecule has 4 aromatic rings. The fourth-order valence-electron chi connectivity index (χ4n) is 4.58. The topological polar surface area (TPSA) is 36.4 Å². The Labute approximate surface area is 199 Å². The molecular formula is C28H26ClN3O. The third kappa shape index (κ3) is 4.50. The number of hydrogen-bond acceptors (Lipinski definition) is 3. The zero-order valence-electron chi connectivity index (χ0n) is 18.7. The van der Waals surface area contributed by atoms with Gasteiger partial charge in [-0.25, -0.2) is 4.98 Å². The molecule has 1 fully saturated rings. The fraction of sp³-hybridized carbons (Fsp3) is 0.214. The van der Waals surface area contributed by atoms with E-state index in [0.29, 0.717) is 5.02 Å². The molecule has 0 radical (unpaired) electrons. The van der Waals surface area contributed by atoms with E-state index < -0.39 is 0 Å². The summed E-state index contributed by atoms with van der Waals surface area (Å²) in [5.41, 5.74) is 5.59. The molecule has 0 saturated carbocycles. The van der Waals surface area contributed by atoms with Crippen LogP contribution in [0.2, 0.25) is 5.02 Å². The molecule has 1 aromatic heterocycles. The molecule has 0 unspecified atom stereocenters. The van der Waals surface area contributed by atoms with Crippen molar-refractivity contribution in [1.82, 2.24) is 14.8 Å². The Morgan fingerprint density at radius 1 is 0.879 bits per heavy atom. The number of carbonyl (C=O) groups is 1. The van der Waals surface area contributed by atoms with Crippen molar-refractivity contribution >= 4 is 28.4 Å². The van der Waals surface area contributed by atoms with Gasteiger partial charge in [0.2, 0.25) is 0 Å². The maximum atomic E-state index is 13.8. The van der Waals surface area contributed by atoms with Gasteiger partial charge < -0.3 is 4.90 Å². The number of pyridine rings is 1. The number of halogens is 1. The lowest BCUT2D eigenvalue weighted by atomic mass is 9.96. The largest absolute Gasteiger partial charge is 0.336 e. The molecule has 0 bridgehead atoms. The minimum Gasteiger partial charge on any atom is -0.336 e. The predicted molar refractivity (Wildman–Crippen MR) is 135 cm³/mol. The van der Waals surface area contributed by atoms with Gasteiger partial charge in [-0.3, -0.25) is 9.69 Å². The molecule has 0 aliphatic carbocycles. The Balaban J connectivity index is 1.43. The highest BCUT2D eigenvalue weighted by molar-refractivity contribution is 6.30. The Bertz CT molecular complexity index is 1280. The number of piperazine rings is 1. The van der Waals surface area contributed by atoms with Crippen LogP contribution in [0.4, 0.5) is 0 Å². The number of rotatable bonds is 4. The van der Waals surface area contributed by atoms with Crippen molar-refractivity contribution in [1.29, 1.82) is 0 Å². The molecule has 3 aromatic carbocycles. The van der Waals surface area contributed by atoms with Gasteiger partial charge in [0, 0.05) is 48.7 Å². The molecule has 4 nitrogen and oxygen atoms in total. The standard InChI is InChI=1S/C28H26ClN3O/c1-20-26(28(33)32-17-15-31(16-18-32)19-21-7-3-2-4-8-21)24-9-5-6-10-25(24)30-27(20)22-11-13-23(29)14-12-22/h2-14H,15-19H2,1H3. The molecular weight excluding hydrogens is 430 g/mol. The fourth-order valence-corrected chi connectivity index (χ4v) is 4.71. The van der Waals surface area contributed by atoms with E-state index in [0.717, 1.165) is 66.0 Å². The van der Waals surface area contributed by atoms with E-state index in [4.69, 9.17) is 16.6 Å². The first-order chi connectivity index (χ1) is 16.1. The Hall–Kier alpha value is -3.21. The summed E-state index contributed by atoms with van der Waals surface area (Å²) in [6, 6.07) is 26.1. The van der Waals surface area contributed by atoms with Gasteiger partial charge in [-0.15, -0.1) is 0 Å². The van der Waals surface area contributed by atoms with Crippen LogP contribution in [0.3, 0.4) is 0 Å². The smallest absolute Gasteiger partial charge is 0.254 e. The third-order valence-electron chi connectivity index (χ3n) is 6.38. The third-order valence-corrected chi connectivity index (χ3v) is 6.63. The molecule has 1 amide bonds. The van der Waals surface area contributed by atoms with Crippen molar-refractivity contribution < 1.29 is 4.79 Å². The molecule has 0 spiro atoms. The molecule has 166 valence electrons. The van der Waals surface area contributed by atoms with Crippen molar-refractivity contribution in [2.75, 3.05) is 26.2 Å². The summed E-state index contributed by atoms with van der Waals surface area (Å²) in [5, 5.41) is 1.59. The summed E-state index contributed by atoms with van der Waals surface area (Å²) in [6.45, 7) is 6.10. The van der Waals surface area contributed by atoms with Crippen LogP contribution in [-0.2, 0) is 6.54 Å². The maximum Gasteiger partial charge on any atom is 0.254 e. The number of benzene rings is 3. The van der Waals surface area contributed by atoms with E-state index in [1.165, 1.54) is 5.56 Å². The minimum atomic E-state index is 0.0840. The monoisotopic (exact) mass is 455 g/mol. The molecule has 1 aliphatic rings. The number of carbonyl (C=O) groups excluding carboxylic acids is 1. The van der Waals surface area contributed by atoms with Crippen molar-refractivity contribution in [3.63, 3.8) is 0 Å². The van der Waals surface area contributed by atoms with Gasteiger partial charge in [0.25, 0.3) is 5.91 Å². The highest BCUT2D eigenvalue weighted by atomic mass is 35.5. The van der Waals surface area contributed by atoms with Crippen LogP contribution in [0.1, 0.15) is 21.5 Å². The zero-order chi connectivity index (χ0) is 22.8. The van der Waals surface area contributed by atoms with Gasteiger partial charge in [0.15, 0.2) is 0 Å². The number of aromatic nitrogens is 1. The summed E-state index contributed by atoms with van der Waals surface area (Å²) in [7, 11) is 0. The molecule has 2 heterocycles. The second-order valence-corrected chi connectivity index (χ2v) is 8.97. The summed E-state index contributed by atoms with van der Waals surface area (Å²) in [4.78, 5) is 23.1. The highest BCUT2D eigenvalue weighted by Crippen LogP contribution is 2.31. The molecule has 5 heteroatoms. The summed E-state index contributed by atoms with van der Waals surface area (Å²) >= 11 is 6.09. The number of fused-ring (bicyclic) bond motifs is 1. The average Bonchev–Trinajstić information content (AvgIpc) is 2.85. The zero-order valence-corrected chi connectivity index (χ0v) is 19.4. The van der Waals surface area contributed by atoms with Crippen molar-refractivity contribution in [2.24, 2.45) is 0 Å². The Morgan fingerprint density at radius 2 is 1.55 bits per heavy atom. The van der Waals surface area contributed by atoms with Crippen LogP contribution in [0.5, 0.6) is 0 Å². The first-order valence-corrected chi connectivity index (χ1v) is 11.7. The second kappa shape index (κ2) is 9.34. The second-order valence-electron chi connectivity index (χ2n) is 8.54. The number of hydrogen-bond donors (Lipinski definition) is 0.